The molecule has 2 aromatic rings. The lowest BCUT2D eigenvalue weighted by atomic mass is 9.88. The molecule has 1 atom stereocenters. The van der Waals surface area contributed by atoms with Gasteiger partial charge in [0.25, 0.3) is 5.91 Å². The number of imide groups is 1. The van der Waals surface area contributed by atoms with Crippen molar-refractivity contribution < 1.29 is 14.4 Å². The van der Waals surface area contributed by atoms with Crippen LogP contribution in [0.15, 0.2) is 30.5 Å². The van der Waals surface area contributed by atoms with E-state index in [4.69, 9.17) is 0 Å². The van der Waals surface area contributed by atoms with Crippen LogP contribution in [0, 0.1) is 0 Å². The number of carbonyl (C=O) groups excluding carboxylic acids is 3. The highest BCUT2D eigenvalue weighted by Crippen LogP contribution is 2.31. The first-order chi connectivity index (χ1) is 16.1. The lowest BCUT2D eigenvalue weighted by molar-refractivity contribution is -0.142. The molecule has 0 bridgehead atoms. The van der Waals surface area contributed by atoms with Crippen LogP contribution in [-0.4, -0.2) is 57.3 Å². The largest absolute Gasteiger partial charge is 0.361 e. The highest BCUT2D eigenvalue weighted by molar-refractivity contribution is 6.06. The van der Waals surface area contributed by atoms with Crippen LogP contribution in [0.3, 0.4) is 0 Å². The van der Waals surface area contributed by atoms with Crippen LogP contribution in [0.5, 0.6) is 0 Å². The number of amides is 4. The minimum Gasteiger partial charge on any atom is -0.361 e. The zero-order chi connectivity index (χ0) is 22.8. The summed E-state index contributed by atoms with van der Waals surface area (Å²) in [6.45, 7) is -0.151. The fraction of sp³-hybridized carbons (Fsp3) is 0.577. The van der Waals surface area contributed by atoms with E-state index in [2.05, 4.69) is 15.2 Å². The smallest absolute Gasteiger partial charge is 0.325 e. The summed E-state index contributed by atoms with van der Waals surface area (Å²) in [7, 11) is 0. The van der Waals surface area contributed by atoms with Crippen molar-refractivity contribution >= 4 is 28.7 Å². The third-order valence-electron chi connectivity index (χ3n) is 7.72. The van der Waals surface area contributed by atoms with Gasteiger partial charge in [-0.2, -0.15) is 0 Å². The van der Waals surface area contributed by atoms with Crippen molar-refractivity contribution in [2.75, 3.05) is 6.54 Å². The van der Waals surface area contributed by atoms with E-state index in [1.807, 2.05) is 30.5 Å². The molecule has 0 spiro atoms. The summed E-state index contributed by atoms with van der Waals surface area (Å²) in [4.78, 5) is 45.8. The van der Waals surface area contributed by atoms with Gasteiger partial charge in [0.1, 0.15) is 12.6 Å². The summed E-state index contributed by atoms with van der Waals surface area (Å²) in [6, 6.07) is 7.33. The zero-order valence-electron chi connectivity index (χ0n) is 19.2. The zero-order valence-corrected chi connectivity index (χ0v) is 19.2. The lowest BCUT2D eigenvalue weighted by Crippen LogP contribution is -2.52. The van der Waals surface area contributed by atoms with Gasteiger partial charge in [-0.15, -0.1) is 0 Å². The van der Waals surface area contributed by atoms with Gasteiger partial charge in [-0.3, -0.25) is 14.5 Å². The maximum atomic E-state index is 13.5. The Morgan fingerprint density at radius 2 is 1.58 bits per heavy atom. The molecule has 3 fully saturated rings. The number of fused-ring (bicyclic) bond motifs is 1. The van der Waals surface area contributed by atoms with Crippen molar-refractivity contribution in [1.29, 1.82) is 0 Å². The SMILES string of the molecule is O=C1NC(Cc2c[nH]c3ccccc23)C(=O)N1CC(=O)N(C1CCCCC1)C1CCCCC1. The predicted molar refractivity (Wildman–Crippen MR) is 127 cm³/mol. The minimum absolute atomic E-state index is 0.0648. The number of aromatic amines is 1. The van der Waals surface area contributed by atoms with Crippen molar-refractivity contribution in [3.8, 4) is 0 Å². The number of aromatic nitrogens is 1. The second kappa shape index (κ2) is 9.57. The van der Waals surface area contributed by atoms with Crippen molar-refractivity contribution in [3.05, 3.63) is 36.0 Å². The molecule has 1 aliphatic heterocycles. The normalized spacial score (nSPS) is 22.7. The molecular weight excluding hydrogens is 416 g/mol. The average Bonchev–Trinajstić information content (AvgIpc) is 3.37. The van der Waals surface area contributed by atoms with Gasteiger partial charge in [0, 0.05) is 35.6 Å². The number of H-pyrrole nitrogens is 1. The Hall–Kier alpha value is -2.83. The summed E-state index contributed by atoms with van der Waals surface area (Å²) < 4.78 is 0. The maximum Gasteiger partial charge on any atom is 0.325 e. The number of benzene rings is 1. The van der Waals surface area contributed by atoms with E-state index in [0.717, 1.165) is 72.7 Å². The Morgan fingerprint density at radius 1 is 0.939 bits per heavy atom. The minimum atomic E-state index is -0.637. The Bertz CT molecular complexity index is 1000. The van der Waals surface area contributed by atoms with E-state index in [9.17, 15) is 14.4 Å². The number of nitrogens with zero attached hydrogens (tertiary/aromatic N) is 2. The van der Waals surface area contributed by atoms with Crippen LogP contribution in [0.25, 0.3) is 10.9 Å². The molecule has 2 heterocycles. The van der Waals surface area contributed by atoms with Gasteiger partial charge in [0.2, 0.25) is 5.91 Å². The second-order valence-corrected chi connectivity index (χ2v) is 9.87. The number of hydrogen-bond donors (Lipinski definition) is 2. The van der Waals surface area contributed by atoms with E-state index in [1.165, 1.54) is 12.8 Å². The van der Waals surface area contributed by atoms with E-state index in [1.54, 1.807) is 0 Å². The van der Waals surface area contributed by atoms with Gasteiger partial charge in [-0.05, 0) is 37.3 Å². The molecule has 5 rings (SSSR count). The lowest BCUT2D eigenvalue weighted by Gasteiger charge is -2.42. The van der Waals surface area contributed by atoms with Crippen molar-refractivity contribution in [2.24, 2.45) is 0 Å². The van der Waals surface area contributed by atoms with Crippen molar-refractivity contribution in [1.82, 2.24) is 20.1 Å². The van der Waals surface area contributed by atoms with Crippen LogP contribution in [0.4, 0.5) is 4.79 Å². The molecule has 1 unspecified atom stereocenters. The summed E-state index contributed by atoms with van der Waals surface area (Å²) in [5.74, 6) is -0.365. The van der Waals surface area contributed by atoms with Crippen LogP contribution >= 0.6 is 0 Å². The summed E-state index contributed by atoms with van der Waals surface area (Å²) in [6.07, 6.45) is 13.5. The van der Waals surface area contributed by atoms with E-state index in [-0.39, 0.29) is 30.4 Å². The number of urea groups is 1. The Kier molecular flexibility index (Phi) is 6.38. The standard InChI is InChI=1S/C26H34N4O3/c31-24(30(19-9-3-1-4-10-19)20-11-5-2-6-12-20)17-29-25(32)23(28-26(29)33)15-18-16-27-22-14-8-7-13-21(18)22/h7-8,13-14,16,19-20,23,27H,1-6,9-12,15,17H2,(H,28,33). The first-order valence-corrected chi connectivity index (χ1v) is 12.6. The number of rotatable bonds is 6. The molecule has 176 valence electrons. The van der Waals surface area contributed by atoms with Gasteiger partial charge < -0.3 is 15.2 Å². The molecule has 2 saturated carbocycles. The van der Waals surface area contributed by atoms with Gasteiger partial charge >= 0.3 is 6.03 Å². The summed E-state index contributed by atoms with van der Waals surface area (Å²) in [5.41, 5.74) is 2.00. The van der Waals surface area contributed by atoms with Gasteiger partial charge in [0.15, 0.2) is 0 Å². The molecule has 0 radical (unpaired) electrons. The second-order valence-electron chi connectivity index (χ2n) is 9.87. The number of hydrogen-bond acceptors (Lipinski definition) is 3. The third-order valence-corrected chi connectivity index (χ3v) is 7.72. The summed E-state index contributed by atoms with van der Waals surface area (Å²) in [5, 5.41) is 3.86. The molecular formula is C26H34N4O3. The van der Waals surface area contributed by atoms with Crippen LogP contribution in [0.2, 0.25) is 0 Å². The fourth-order valence-electron chi connectivity index (χ4n) is 6.03. The molecule has 1 saturated heterocycles. The maximum absolute atomic E-state index is 13.5. The Labute approximate surface area is 194 Å². The Balaban J connectivity index is 1.29. The summed E-state index contributed by atoms with van der Waals surface area (Å²) >= 11 is 0. The van der Waals surface area contributed by atoms with Crippen LogP contribution in [0.1, 0.15) is 69.8 Å². The molecule has 7 nitrogen and oxygen atoms in total. The van der Waals surface area contributed by atoms with Crippen molar-refractivity contribution in [2.45, 2.75) is 88.8 Å². The first kappa shape index (κ1) is 22.0. The van der Waals surface area contributed by atoms with E-state index < -0.39 is 12.1 Å². The molecule has 33 heavy (non-hydrogen) atoms. The molecule has 7 heteroatoms. The predicted octanol–water partition coefficient (Wildman–Crippen LogP) is 4.12. The highest BCUT2D eigenvalue weighted by Gasteiger charge is 2.41. The first-order valence-electron chi connectivity index (χ1n) is 12.6. The third kappa shape index (κ3) is 4.50. The molecule has 2 aliphatic carbocycles. The van der Waals surface area contributed by atoms with Crippen molar-refractivity contribution in [3.63, 3.8) is 0 Å². The monoisotopic (exact) mass is 450 g/mol. The van der Waals surface area contributed by atoms with Crippen LogP contribution < -0.4 is 5.32 Å². The van der Waals surface area contributed by atoms with Crippen LogP contribution in [-0.2, 0) is 16.0 Å². The molecule has 4 amide bonds. The topological polar surface area (TPSA) is 85.5 Å². The van der Waals surface area contributed by atoms with Gasteiger partial charge in [0.05, 0.1) is 0 Å². The van der Waals surface area contributed by atoms with E-state index in [0.29, 0.717) is 6.42 Å². The van der Waals surface area contributed by atoms with Gasteiger partial charge in [-0.25, -0.2) is 4.79 Å². The highest BCUT2D eigenvalue weighted by atomic mass is 16.2. The van der Waals surface area contributed by atoms with E-state index >= 15 is 0 Å². The number of carbonyl (C=O) groups is 3. The average molecular weight is 451 g/mol. The number of nitrogens with one attached hydrogen (secondary N) is 2. The Morgan fingerprint density at radius 3 is 2.24 bits per heavy atom. The van der Waals surface area contributed by atoms with Gasteiger partial charge in [-0.1, -0.05) is 56.7 Å². The molecule has 1 aromatic carbocycles. The molecule has 1 aromatic heterocycles. The molecule has 3 aliphatic rings. The fourth-order valence-corrected chi connectivity index (χ4v) is 6.03. The number of para-hydroxylation sites is 1. The molecule has 2 N–H and O–H groups in total. The quantitative estimate of drug-likeness (QED) is 0.649.